The zero-order valence-corrected chi connectivity index (χ0v) is 14.7. The summed E-state index contributed by atoms with van der Waals surface area (Å²) in [6.07, 6.45) is 0.883. The summed E-state index contributed by atoms with van der Waals surface area (Å²) in [5, 5.41) is 5.45. The number of likely N-dealkylation sites (N-methyl/N-ethyl adjacent to an activating group) is 1. The highest BCUT2D eigenvalue weighted by molar-refractivity contribution is 5.96. The first-order valence-electron chi connectivity index (χ1n) is 8.17. The van der Waals surface area contributed by atoms with E-state index in [0.29, 0.717) is 5.92 Å². The smallest absolute Gasteiger partial charge is 0.243 e. The van der Waals surface area contributed by atoms with Gasteiger partial charge in [0.15, 0.2) is 0 Å². The zero-order valence-electron chi connectivity index (χ0n) is 14.7. The van der Waals surface area contributed by atoms with Crippen molar-refractivity contribution in [3.63, 3.8) is 0 Å². The van der Waals surface area contributed by atoms with E-state index in [1.165, 1.54) is 4.90 Å². The summed E-state index contributed by atoms with van der Waals surface area (Å²) in [6.45, 7) is 5.80. The van der Waals surface area contributed by atoms with Gasteiger partial charge in [0, 0.05) is 18.7 Å². The van der Waals surface area contributed by atoms with Gasteiger partial charge < -0.3 is 15.5 Å². The van der Waals surface area contributed by atoms with Gasteiger partial charge in [0.05, 0.1) is 13.1 Å². The van der Waals surface area contributed by atoms with Crippen molar-refractivity contribution < 1.29 is 14.4 Å². The molecule has 0 heterocycles. The Morgan fingerprint density at radius 1 is 1.25 bits per heavy atom. The minimum Gasteiger partial charge on any atom is -0.347 e. The molecule has 2 rings (SSSR count). The quantitative estimate of drug-likeness (QED) is 0.828. The maximum atomic E-state index is 12.1. The SMILES string of the molecule is Cc1cccc(NC(=O)CN(C)C(=O)CNC(=O)[C@@H]2C[C@H]2C)c1C. The Hall–Kier alpha value is -2.37. The predicted molar refractivity (Wildman–Crippen MR) is 92.5 cm³/mol. The number of amides is 3. The molecule has 24 heavy (non-hydrogen) atoms. The number of benzene rings is 1. The van der Waals surface area contributed by atoms with E-state index >= 15 is 0 Å². The summed E-state index contributed by atoms with van der Waals surface area (Å²) < 4.78 is 0. The summed E-state index contributed by atoms with van der Waals surface area (Å²) >= 11 is 0. The minimum atomic E-state index is -0.284. The van der Waals surface area contributed by atoms with Crippen LogP contribution in [0.3, 0.4) is 0 Å². The number of rotatable bonds is 6. The van der Waals surface area contributed by atoms with Crippen molar-refractivity contribution in [1.29, 1.82) is 0 Å². The lowest BCUT2D eigenvalue weighted by Crippen LogP contribution is -2.42. The largest absolute Gasteiger partial charge is 0.347 e. The summed E-state index contributed by atoms with van der Waals surface area (Å²) in [4.78, 5) is 37.1. The van der Waals surface area contributed by atoms with E-state index in [9.17, 15) is 14.4 Å². The molecule has 0 radical (unpaired) electrons. The predicted octanol–water partition coefficient (Wildman–Crippen LogP) is 1.47. The molecule has 1 aromatic carbocycles. The Morgan fingerprint density at radius 3 is 2.54 bits per heavy atom. The molecule has 6 heteroatoms. The van der Waals surface area contributed by atoms with Gasteiger partial charge in [-0.2, -0.15) is 0 Å². The van der Waals surface area contributed by atoms with Crippen LogP contribution in [0.15, 0.2) is 18.2 Å². The molecule has 0 unspecified atom stereocenters. The molecule has 2 N–H and O–H groups in total. The van der Waals surface area contributed by atoms with Crippen LogP contribution >= 0.6 is 0 Å². The molecule has 1 aromatic rings. The molecule has 130 valence electrons. The molecule has 0 saturated heterocycles. The molecule has 3 amide bonds. The van der Waals surface area contributed by atoms with Crippen LogP contribution in [0.25, 0.3) is 0 Å². The lowest BCUT2D eigenvalue weighted by atomic mass is 10.1. The van der Waals surface area contributed by atoms with Gasteiger partial charge in [-0.05, 0) is 43.4 Å². The highest BCUT2D eigenvalue weighted by Gasteiger charge is 2.39. The van der Waals surface area contributed by atoms with Crippen LogP contribution in [-0.2, 0) is 14.4 Å². The maximum absolute atomic E-state index is 12.1. The number of nitrogens with one attached hydrogen (secondary N) is 2. The second kappa shape index (κ2) is 7.47. The molecular weight excluding hydrogens is 306 g/mol. The number of hydrogen-bond donors (Lipinski definition) is 2. The van der Waals surface area contributed by atoms with Crippen LogP contribution < -0.4 is 10.6 Å². The van der Waals surface area contributed by atoms with Crippen molar-refractivity contribution in [2.75, 3.05) is 25.5 Å². The van der Waals surface area contributed by atoms with Crippen LogP contribution in [0.4, 0.5) is 5.69 Å². The number of aryl methyl sites for hydroxylation is 1. The second-order valence-electron chi connectivity index (χ2n) is 6.58. The monoisotopic (exact) mass is 331 g/mol. The Balaban J connectivity index is 1.79. The number of anilines is 1. The van der Waals surface area contributed by atoms with Gasteiger partial charge in [0.2, 0.25) is 17.7 Å². The van der Waals surface area contributed by atoms with Gasteiger partial charge in [-0.1, -0.05) is 19.1 Å². The van der Waals surface area contributed by atoms with Gasteiger partial charge in [-0.15, -0.1) is 0 Å². The highest BCUT2D eigenvalue weighted by atomic mass is 16.2. The number of hydrogen-bond acceptors (Lipinski definition) is 3. The number of nitrogens with zero attached hydrogens (tertiary/aromatic N) is 1. The summed E-state index contributed by atoms with van der Waals surface area (Å²) in [5.41, 5.74) is 2.84. The number of carbonyl (C=O) groups is 3. The highest BCUT2D eigenvalue weighted by Crippen LogP contribution is 2.37. The van der Waals surface area contributed by atoms with Gasteiger partial charge in [0.1, 0.15) is 0 Å². The van der Waals surface area contributed by atoms with E-state index in [2.05, 4.69) is 10.6 Å². The third-order valence-electron chi connectivity index (χ3n) is 4.55. The lowest BCUT2D eigenvalue weighted by molar-refractivity contribution is -0.134. The Bertz CT molecular complexity index is 657. The molecule has 0 aromatic heterocycles. The van der Waals surface area contributed by atoms with Gasteiger partial charge in [-0.3, -0.25) is 14.4 Å². The third kappa shape index (κ3) is 4.57. The van der Waals surface area contributed by atoms with Gasteiger partial charge in [-0.25, -0.2) is 0 Å². The van der Waals surface area contributed by atoms with E-state index in [1.54, 1.807) is 7.05 Å². The number of carbonyl (C=O) groups excluding carboxylic acids is 3. The Morgan fingerprint density at radius 2 is 1.92 bits per heavy atom. The summed E-state index contributed by atoms with van der Waals surface area (Å²) in [6, 6.07) is 5.68. The normalized spacial score (nSPS) is 18.7. The fourth-order valence-corrected chi connectivity index (χ4v) is 2.50. The molecule has 0 bridgehead atoms. The van der Waals surface area contributed by atoms with Crippen molar-refractivity contribution in [2.45, 2.75) is 27.2 Å². The van der Waals surface area contributed by atoms with Crippen molar-refractivity contribution in [1.82, 2.24) is 10.2 Å². The average Bonchev–Trinajstić information content (AvgIpc) is 3.26. The van der Waals surface area contributed by atoms with Crippen LogP contribution in [0.1, 0.15) is 24.5 Å². The van der Waals surface area contributed by atoms with E-state index < -0.39 is 0 Å². The molecule has 2 atom stereocenters. The van der Waals surface area contributed by atoms with Crippen LogP contribution in [-0.4, -0.2) is 42.8 Å². The molecule has 1 aliphatic rings. The second-order valence-corrected chi connectivity index (χ2v) is 6.58. The zero-order chi connectivity index (χ0) is 17.9. The Labute approximate surface area is 142 Å². The van der Waals surface area contributed by atoms with Crippen LogP contribution in [0.2, 0.25) is 0 Å². The molecule has 1 aliphatic carbocycles. The minimum absolute atomic E-state index is 0.0377. The van der Waals surface area contributed by atoms with Crippen molar-refractivity contribution in [3.05, 3.63) is 29.3 Å². The van der Waals surface area contributed by atoms with E-state index in [0.717, 1.165) is 23.2 Å². The van der Waals surface area contributed by atoms with Crippen molar-refractivity contribution in [3.8, 4) is 0 Å². The lowest BCUT2D eigenvalue weighted by Gasteiger charge is -2.18. The third-order valence-corrected chi connectivity index (χ3v) is 4.55. The van der Waals surface area contributed by atoms with Gasteiger partial charge >= 0.3 is 0 Å². The van der Waals surface area contributed by atoms with Gasteiger partial charge in [0.25, 0.3) is 0 Å². The topological polar surface area (TPSA) is 78.5 Å². The van der Waals surface area contributed by atoms with Crippen molar-refractivity contribution in [2.24, 2.45) is 11.8 Å². The maximum Gasteiger partial charge on any atom is 0.243 e. The molecule has 6 nitrogen and oxygen atoms in total. The van der Waals surface area contributed by atoms with Crippen LogP contribution in [0, 0.1) is 25.7 Å². The van der Waals surface area contributed by atoms with E-state index in [1.807, 2.05) is 39.0 Å². The van der Waals surface area contributed by atoms with E-state index in [-0.39, 0.29) is 36.7 Å². The first-order chi connectivity index (χ1) is 11.3. The first kappa shape index (κ1) is 18.0. The fraction of sp³-hybridized carbons (Fsp3) is 0.500. The molecule has 0 aliphatic heterocycles. The van der Waals surface area contributed by atoms with Crippen LogP contribution in [0.5, 0.6) is 0 Å². The van der Waals surface area contributed by atoms with E-state index in [4.69, 9.17) is 0 Å². The van der Waals surface area contributed by atoms with Crippen molar-refractivity contribution >= 4 is 23.4 Å². The first-order valence-corrected chi connectivity index (χ1v) is 8.17. The average molecular weight is 331 g/mol. The molecular formula is C18H25N3O3. The summed E-state index contributed by atoms with van der Waals surface area (Å²) in [7, 11) is 1.55. The molecule has 1 saturated carbocycles. The molecule has 1 fully saturated rings. The Kier molecular flexibility index (Phi) is 5.59. The summed E-state index contributed by atoms with van der Waals surface area (Å²) in [5.74, 6) is -0.185. The standard InChI is InChI=1S/C18H25N3O3/c1-11-6-5-7-15(13(11)3)20-16(22)10-21(4)17(23)9-19-18(24)14-8-12(14)2/h5-7,12,14H,8-10H2,1-4H3,(H,19,24)(H,20,22)/t12-,14-/m1/s1. The molecule has 0 spiro atoms. The fourth-order valence-electron chi connectivity index (χ4n) is 2.50.